The molecule has 0 fully saturated rings. The highest BCUT2D eigenvalue weighted by Crippen LogP contribution is 2.44. The van der Waals surface area contributed by atoms with Crippen LogP contribution in [0.1, 0.15) is 0 Å². The molecule has 0 radical (unpaired) electrons. The van der Waals surface area contributed by atoms with Crippen molar-refractivity contribution in [2.45, 2.75) is 0 Å². The number of benzene rings is 10. The Morgan fingerprint density at radius 1 is 0.294 bits per heavy atom. The molecule has 13 aromatic rings. The van der Waals surface area contributed by atoms with Gasteiger partial charge in [-0.3, -0.25) is 0 Å². The second-order valence-electron chi connectivity index (χ2n) is 17.1. The van der Waals surface area contributed by atoms with Crippen LogP contribution in [0.5, 0.6) is 0 Å². The van der Waals surface area contributed by atoms with E-state index in [1.54, 1.807) is 0 Å². The van der Waals surface area contributed by atoms with Crippen molar-refractivity contribution in [1.29, 1.82) is 0 Å². The number of aromatic nitrogens is 4. The molecule has 3 heterocycles. The van der Waals surface area contributed by atoms with E-state index < -0.39 is 0 Å². The molecule has 0 saturated heterocycles. The maximum Gasteiger partial charge on any atom is 0.164 e. The van der Waals surface area contributed by atoms with Gasteiger partial charge in [-0.25, -0.2) is 15.0 Å². The summed E-state index contributed by atoms with van der Waals surface area (Å²) < 4.78 is 9.25. The lowest BCUT2D eigenvalue weighted by molar-refractivity contribution is 0.671. The maximum atomic E-state index is 6.92. The number of rotatable bonds is 8. The molecule has 0 atom stereocenters. The highest BCUT2D eigenvalue weighted by Gasteiger charge is 2.22. The summed E-state index contributed by atoms with van der Waals surface area (Å²) in [6.07, 6.45) is 0. The Kier molecular flexibility index (Phi) is 9.43. The van der Waals surface area contributed by atoms with E-state index in [4.69, 9.17) is 19.4 Å². The second-order valence-corrected chi connectivity index (χ2v) is 17.1. The first-order valence-corrected chi connectivity index (χ1v) is 22.9. The summed E-state index contributed by atoms with van der Waals surface area (Å²) in [5, 5.41) is 4.42. The minimum absolute atomic E-state index is 0.585. The summed E-state index contributed by atoms with van der Waals surface area (Å²) in [4.78, 5) is 15.7. The molecule has 0 aliphatic heterocycles. The monoisotopic (exact) mass is 868 g/mol. The van der Waals surface area contributed by atoms with E-state index in [9.17, 15) is 0 Å². The average Bonchev–Trinajstić information content (AvgIpc) is 3.97. The van der Waals surface area contributed by atoms with Gasteiger partial charge in [0, 0.05) is 43.9 Å². The van der Waals surface area contributed by atoms with Crippen LogP contribution >= 0.6 is 0 Å². The van der Waals surface area contributed by atoms with Crippen LogP contribution in [0.4, 0.5) is 0 Å². The number of furan rings is 1. The van der Waals surface area contributed by atoms with Crippen LogP contribution in [0.15, 0.2) is 247 Å². The van der Waals surface area contributed by atoms with Gasteiger partial charge in [0.25, 0.3) is 0 Å². The summed E-state index contributed by atoms with van der Waals surface area (Å²) in [7, 11) is 0. The number of hydrogen-bond donors (Lipinski definition) is 0. The van der Waals surface area contributed by atoms with Gasteiger partial charge in [0.2, 0.25) is 0 Å². The Morgan fingerprint density at radius 3 is 1.47 bits per heavy atom. The third kappa shape index (κ3) is 6.76. The van der Waals surface area contributed by atoms with Gasteiger partial charge in [-0.1, -0.05) is 194 Å². The lowest BCUT2D eigenvalue weighted by atomic mass is 9.88. The normalized spacial score (nSPS) is 11.5. The molecular weight excluding hydrogens is 829 g/mol. The van der Waals surface area contributed by atoms with E-state index >= 15 is 0 Å². The topological polar surface area (TPSA) is 56.7 Å². The van der Waals surface area contributed by atoms with Crippen LogP contribution in [-0.2, 0) is 0 Å². The Hall–Kier alpha value is -9.19. The van der Waals surface area contributed by atoms with Gasteiger partial charge < -0.3 is 8.98 Å². The van der Waals surface area contributed by atoms with Gasteiger partial charge in [-0.05, 0) is 93.0 Å². The van der Waals surface area contributed by atoms with E-state index in [0.29, 0.717) is 17.5 Å². The smallest absolute Gasteiger partial charge is 0.164 e. The summed E-state index contributed by atoms with van der Waals surface area (Å²) in [5.41, 5.74) is 16.4. The van der Waals surface area contributed by atoms with Crippen molar-refractivity contribution in [3.05, 3.63) is 243 Å². The van der Waals surface area contributed by atoms with Crippen molar-refractivity contribution in [2.75, 3.05) is 0 Å². The number of para-hydroxylation sites is 2. The van der Waals surface area contributed by atoms with Crippen LogP contribution in [0.2, 0.25) is 0 Å². The quantitative estimate of drug-likeness (QED) is 0.153. The van der Waals surface area contributed by atoms with Gasteiger partial charge in [-0.2, -0.15) is 0 Å². The molecule has 5 heteroatoms. The van der Waals surface area contributed by atoms with E-state index in [0.717, 1.165) is 105 Å². The average molecular weight is 869 g/mol. The Balaban J connectivity index is 1.06. The third-order valence-corrected chi connectivity index (χ3v) is 13.1. The SMILES string of the molecule is c1ccc(-c2ccc(-c3ccccc3)c(-c3ccc(-c4ccc5oc6c(ccc7c8ccccc8n(-c8ccccc8)c76)c5c4)c(-c4nc(-c5ccccc5)nc(-c5ccccc5)n4)c3)c2)cc1. The molecule has 10 aromatic carbocycles. The van der Waals surface area contributed by atoms with Crippen molar-refractivity contribution in [3.8, 4) is 84.4 Å². The minimum Gasteiger partial charge on any atom is -0.454 e. The molecule has 5 nitrogen and oxygen atoms in total. The highest BCUT2D eigenvalue weighted by molar-refractivity contribution is 6.22. The molecule has 0 saturated carbocycles. The Labute approximate surface area is 392 Å². The van der Waals surface area contributed by atoms with Crippen LogP contribution in [0.25, 0.3) is 128 Å². The predicted octanol–water partition coefficient (Wildman–Crippen LogP) is 16.5. The molecule has 0 amide bonds. The third-order valence-electron chi connectivity index (χ3n) is 13.1. The van der Waals surface area contributed by atoms with E-state index in [-0.39, 0.29) is 0 Å². The summed E-state index contributed by atoms with van der Waals surface area (Å²) in [6.45, 7) is 0. The second kappa shape index (κ2) is 16.4. The Morgan fingerprint density at radius 2 is 0.794 bits per heavy atom. The largest absolute Gasteiger partial charge is 0.454 e. The van der Waals surface area contributed by atoms with Crippen molar-refractivity contribution < 1.29 is 4.42 Å². The highest BCUT2D eigenvalue weighted by atomic mass is 16.3. The molecule has 3 aromatic heterocycles. The van der Waals surface area contributed by atoms with Crippen LogP contribution in [0.3, 0.4) is 0 Å². The number of nitrogens with zero attached hydrogens (tertiary/aromatic N) is 4. The molecule has 0 bridgehead atoms. The summed E-state index contributed by atoms with van der Waals surface area (Å²) >= 11 is 0. The van der Waals surface area contributed by atoms with Crippen molar-refractivity contribution >= 4 is 43.7 Å². The van der Waals surface area contributed by atoms with E-state index in [1.165, 1.54) is 5.39 Å². The first-order valence-electron chi connectivity index (χ1n) is 22.9. The molecule has 13 rings (SSSR count). The van der Waals surface area contributed by atoms with Crippen LogP contribution in [0, 0.1) is 0 Å². The molecule has 0 aliphatic carbocycles. The zero-order valence-electron chi connectivity index (χ0n) is 36.8. The number of hydrogen-bond acceptors (Lipinski definition) is 4. The summed E-state index contributed by atoms with van der Waals surface area (Å²) in [5.74, 6) is 1.80. The zero-order chi connectivity index (χ0) is 45.0. The zero-order valence-corrected chi connectivity index (χ0v) is 36.8. The van der Waals surface area contributed by atoms with Gasteiger partial charge >= 0.3 is 0 Å². The Bertz CT molecular complexity index is 3940. The van der Waals surface area contributed by atoms with Gasteiger partial charge in [-0.15, -0.1) is 0 Å². The van der Waals surface area contributed by atoms with Gasteiger partial charge in [0.05, 0.1) is 11.0 Å². The summed E-state index contributed by atoms with van der Waals surface area (Å²) in [6, 6.07) is 85.2. The number of fused-ring (bicyclic) bond motifs is 7. The van der Waals surface area contributed by atoms with Gasteiger partial charge in [0.15, 0.2) is 23.1 Å². The van der Waals surface area contributed by atoms with E-state index in [1.807, 2.05) is 36.4 Å². The van der Waals surface area contributed by atoms with Crippen molar-refractivity contribution in [2.24, 2.45) is 0 Å². The lowest BCUT2D eigenvalue weighted by Gasteiger charge is -2.17. The van der Waals surface area contributed by atoms with Crippen molar-refractivity contribution in [3.63, 3.8) is 0 Å². The fraction of sp³-hybridized carbons (Fsp3) is 0. The van der Waals surface area contributed by atoms with Crippen LogP contribution in [-0.4, -0.2) is 19.5 Å². The standard InChI is InChI=1S/C63H40N4O/c1-6-18-41(19-7-1)45-30-33-49(42-20-8-2-9-21-42)54(38-45)47-31-34-50(56(40-47)63-65-61(43-22-10-3-11-23-43)64-62(66-63)44-24-12-4-13-25-44)46-32-37-58-55(39-46)53-36-35-52-51-28-16-17-29-57(51)67(59(52)60(53)68-58)48-26-14-5-15-27-48/h1-40H. The molecule has 68 heavy (non-hydrogen) atoms. The fourth-order valence-corrected chi connectivity index (χ4v) is 9.84. The van der Waals surface area contributed by atoms with Crippen LogP contribution < -0.4 is 0 Å². The molecule has 0 unspecified atom stereocenters. The molecule has 0 aliphatic rings. The fourth-order valence-electron chi connectivity index (χ4n) is 9.84. The molecule has 318 valence electrons. The molecular formula is C63H40N4O. The minimum atomic E-state index is 0.585. The maximum absolute atomic E-state index is 6.92. The van der Waals surface area contributed by atoms with Gasteiger partial charge in [0.1, 0.15) is 5.58 Å². The first kappa shape index (κ1) is 39.2. The molecule has 0 spiro atoms. The molecule has 0 N–H and O–H groups in total. The predicted molar refractivity (Wildman–Crippen MR) is 279 cm³/mol. The van der Waals surface area contributed by atoms with E-state index in [2.05, 4.69) is 211 Å². The first-order chi connectivity index (χ1) is 33.7. The lowest BCUT2D eigenvalue weighted by Crippen LogP contribution is -2.01. The van der Waals surface area contributed by atoms with Crippen molar-refractivity contribution in [1.82, 2.24) is 19.5 Å².